The number of hydrogen-bond donors (Lipinski definition) is 3. The number of nitrogens with one attached hydrogen (secondary N) is 1. The lowest BCUT2D eigenvalue weighted by molar-refractivity contribution is -0.139. The molecule has 0 amide bonds. The Kier molecular flexibility index (Phi) is 4.54. The van der Waals surface area contributed by atoms with E-state index >= 15 is 0 Å². The maximum Gasteiger partial charge on any atom is 0.306 e. The predicted octanol–water partition coefficient (Wildman–Crippen LogP) is 0.992. The topological polar surface area (TPSA) is 69.6 Å². The molecule has 1 unspecified atom stereocenters. The quantitative estimate of drug-likeness (QED) is 0.618. The Balaban J connectivity index is 2.12. The predicted molar refractivity (Wildman–Crippen MR) is 57.7 cm³/mol. The fourth-order valence-electron chi connectivity index (χ4n) is 2.22. The summed E-state index contributed by atoms with van der Waals surface area (Å²) in [5.41, 5.74) is 0.350. The van der Waals surface area contributed by atoms with Crippen molar-refractivity contribution in [1.82, 2.24) is 5.32 Å². The summed E-state index contributed by atoms with van der Waals surface area (Å²) in [7, 11) is 0. The minimum atomic E-state index is -0.948. The second kappa shape index (κ2) is 5.47. The van der Waals surface area contributed by atoms with Crippen molar-refractivity contribution >= 4 is 5.97 Å². The second-order valence-corrected chi connectivity index (χ2v) is 4.90. The van der Waals surface area contributed by atoms with Crippen LogP contribution in [0.3, 0.4) is 0 Å². The Labute approximate surface area is 90.7 Å². The third-order valence-corrected chi connectivity index (χ3v) is 3.15. The van der Waals surface area contributed by atoms with E-state index < -0.39 is 12.1 Å². The van der Waals surface area contributed by atoms with Crippen LogP contribution in [-0.2, 0) is 4.79 Å². The normalized spacial score (nSPS) is 21.5. The minimum Gasteiger partial charge on any atom is -0.481 e. The Bertz CT molecular complexity index is 212. The number of hydrogen-bond acceptors (Lipinski definition) is 3. The van der Waals surface area contributed by atoms with Gasteiger partial charge in [0.25, 0.3) is 0 Å². The molecule has 1 rings (SSSR count). The van der Waals surface area contributed by atoms with Gasteiger partial charge in [-0.25, -0.2) is 0 Å². The number of aliphatic hydroxyl groups excluding tert-OH is 1. The first-order valence-electron chi connectivity index (χ1n) is 5.62. The highest BCUT2D eigenvalue weighted by atomic mass is 16.4. The van der Waals surface area contributed by atoms with E-state index in [1.54, 1.807) is 0 Å². The number of carbonyl (C=O) groups is 1. The van der Waals surface area contributed by atoms with Crippen molar-refractivity contribution in [3.8, 4) is 0 Å². The van der Waals surface area contributed by atoms with Gasteiger partial charge in [-0.15, -0.1) is 0 Å². The highest BCUT2D eigenvalue weighted by Gasteiger charge is 2.28. The van der Waals surface area contributed by atoms with E-state index in [4.69, 9.17) is 5.11 Å². The zero-order valence-corrected chi connectivity index (χ0v) is 9.33. The van der Waals surface area contributed by atoms with Crippen LogP contribution in [0, 0.1) is 5.41 Å². The van der Waals surface area contributed by atoms with Gasteiger partial charge in [-0.1, -0.05) is 19.8 Å². The summed E-state index contributed by atoms with van der Waals surface area (Å²) >= 11 is 0. The van der Waals surface area contributed by atoms with Crippen LogP contribution in [0.4, 0.5) is 0 Å². The molecule has 1 fully saturated rings. The van der Waals surface area contributed by atoms with Gasteiger partial charge in [0.1, 0.15) is 0 Å². The number of aliphatic carboxylic acids is 1. The van der Waals surface area contributed by atoms with Crippen LogP contribution in [0.25, 0.3) is 0 Å². The van der Waals surface area contributed by atoms with E-state index in [1.807, 2.05) is 0 Å². The summed E-state index contributed by atoms with van der Waals surface area (Å²) < 4.78 is 0. The first-order valence-corrected chi connectivity index (χ1v) is 5.62. The first-order chi connectivity index (χ1) is 7.02. The van der Waals surface area contributed by atoms with Gasteiger partial charge in [0.05, 0.1) is 12.5 Å². The van der Waals surface area contributed by atoms with E-state index in [2.05, 4.69) is 12.2 Å². The van der Waals surface area contributed by atoms with Crippen molar-refractivity contribution in [1.29, 1.82) is 0 Å². The molecule has 0 bridgehead atoms. The second-order valence-electron chi connectivity index (χ2n) is 4.90. The van der Waals surface area contributed by atoms with Gasteiger partial charge < -0.3 is 15.5 Å². The third-order valence-electron chi connectivity index (χ3n) is 3.15. The number of aliphatic hydroxyl groups is 1. The van der Waals surface area contributed by atoms with Crippen LogP contribution >= 0.6 is 0 Å². The van der Waals surface area contributed by atoms with Crippen molar-refractivity contribution in [2.75, 3.05) is 13.1 Å². The molecule has 15 heavy (non-hydrogen) atoms. The molecular formula is C11H21NO3. The molecule has 4 heteroatoms. The maximum absolute atomic E-state index is 10.3. The van der Waals surface area contributed by atoms with Gasteiger partial charge in [0.15, 0.2) is 0 Å². The maximum atomic E-state index is 10.3. The summed E-state index contributed by atoms with van der Waals surface area (Å²) in [6.45, 7) is 3.50. The van der Waals surface area contributed by atoms with Crippen LogP contribution in [0.5, 0.6) is 0 Å². The molecule has 4 nitrogen and oxygen atoms in total. The molecule has 0 aromatic rings. The first kappa shape index (κ1) is 12.5. The van der Waals surface area contributed by atoms with E-state index in [-0.39, 0.29) is 6.42 Å². The van der Waals surface area contributed by atoms with E-state index in [1.165, 1.54) is 25.7 Å². The highest BCUT2D eigenvalue weighted by molar-refractivity contribution is 5.67. The summed E-state index contributed by atoms with van der Waals surface area (Å²) in [6, 6.07) is 0. The molecular weight excluding hydrogens is 194 g/mol. The molecule has 0 radical (unpaired) electrons. The Hall–Kier alpha value is -0.610. The molecule has 0 aromatic carbocycles. The SMILES string of the molecule is CC1(CNCC(O)CC(=O)O)CCCC1. The average molecular weight is 215 g/mol. The van der Waals surface area contributed by atoms with Crippen LogP contribution in [0.1, 0.15) is 39.0 Å². The lowest BCUT2D eigenvalue weighted by atomic mass is 9.89. The zero-order valence-electron chi connectivity index (χ0n) is 9.33. The lowest BCUT2D eigenvalue weighted by Gasteiger charge is -2.24. The average Bonchev–Trinajstić information content (AvgIpc) is 2.51. The van der Waals surface area contributed by atoms with Crippen LogP contribution in [0.15, 0.2) is 0 Å². The van der Waals surface area contributed by atoms with Crippen LogP contribution in [0.2, 0.25) is 0 Å². The molecule has 0 heterocycles. The molecule has 1 saturated carbocycles. The summed E-state index contributed by atoms with van der Waals surface area (Å²) in [4.78, 5) is 10.3. The van der Waals surface area contributed by atoms with E-state index in [0.717, 1.165) is 6.54 Å². The number of carboxylic acid groups (broad SMARTS) is 1. The molecule has 0 aromatic heterocycles. The van der Waals surface area contributed by atoms with Gasteiger partial charge >= 0.3 is 5.97 Å². The number of rotatable bonds is 6. The van der Waals surface area contributed by atoms with Gasteiger partial charge in [-0.05, 0) is 18.3 Å². The zero-order chi connectivity index (χ0) is 11.3. The third kappa shape index (κ3) is 4.62. The Morgan fingerprint density at radius 3 is 2.60 bits per heavy atom. The summed E-state index contributed by atoms with van der Waals surface area (Å²) in [5, 5.41) is 21.0. The summed E-state index contributed by atoms with van der Waals surface area (Å²) in [6.07, 6.45) is 4.09. The molecule has 1 atom stereocenters. The molecule has 0 spiro atoms. The Morgan fingerprint density at radius 2 is 2.07 bits per heavy atom. The van der Waals surface area contributed by atoms with Gasteiger partial charge in [0, 0.05) is 13.1 Å². The summed E-state index contributed by atoms with van der Waals surface area (Å²) in [5.74, 6) is -0.948. The Morgan fingerprint density at radius 1 is 1.47 bits per heavy atom. The van der Waals surface area contributed by atoms with E-state index in [9.17, 15) is 9.90 Å². The molecule has 1 aliphatic carbocycles. The van der Waals surface area contributed by atoms with Crippen molar-refractivity contribution < 1.29 is 15.0 Å². The van der Waals surface area contributed by atoms with Crippen molar-refractivity contribution in [2.24, 2.45) is 5.41 Å². The standard InChI is InChI=1S/C11H21NO3/c1-11(4-2-3-5-11)8-12-7-9(13)6-10(14)15/h9,12-13H,2-8H2,1H3,(H,14,15). The smallest absolute Gasteiger partial charge is 0.306 e. The van der Waals surface area contributed by atoms with E-state index in [0.29, 0.717) is 12.0 Å². The lowest BCUT2D eigenvalue weighted by Crippen LogP contribution is -2.35. The van der Waals surface area contributed by atoms with Gasteiger partial charge in [0.2, 0.25) is 0 Å². The number of carboxylic acids is 1. The molecule has 0 saturated heterocycles. The molecule has 3 N–H and O–H groups in total. The monoisotopic (exact) mass is 215 g/mol. The van der Waals surface area contributed by atoms with Gasteiger partial charge in [-0.3, -0.25) is 4.79 Å². The van der Waals surface area contributed by atoms with Crippen molar-refractivity contribution in [2.45, 2.75) is 45.1 Å². The minimum absolute atomic E-state index is 0.177. The van der Waals surface area contributed by atoms with Gasteiger partial charge in [-0.2, -0.15) is 0 Å². The van der Waals surface area contributed by atoms with Crippen molar-refractivity contribution in [3.05, 3.63) is 0 Å². The molecule has 88 valence electrons. The fraction of sp³-hybridized carbons (Fsp3) is 0.909. The fourth-order valence-corrected chi connectivity index (χ4v) is 2.22. The molecule has 0 aliphatic heterocycles. The van der Waals surface area contributed by atoms with Crippen LogP contribution < -0.4 is 5.32 Å². The largest absolute Gasteiger partial charge is 0.481 e. The highest BCUT2D eigenvalue weighted by Crippen LogP contribution is 2.36. The van der Waals surface area contributed by atoms with Crippen LogP contribution in [-0.4, -0.2) is 35.4 Å². The van der Waals surface area contributed by atoms with Crippen molar-refractivity contribution in [3.63, 3.8) is 0 Å². The molecule has 1 aliphatic rings.